The zero-order chi connectivity index (χ0) is 18.4. The summed E-state index contributed by atoms with van der Waals surface area (Å²) in [6.07, 6.45) is 0.240. The number of carbonyl (C=O) groups excluding carboxylic acids is 2. The van der Waals surface area contributed by atoms with Crippen LogP contribution in [0.25, 0.3) is 0 Å². The topological polar surface area (TPSA) is 58.2 Å². The van der Waals surface area contributed by atoms with Crippen molar-refractivity contribution >= 4 is 34.5 Å². The van der Waals surface area contributed by atoms with Crippen LogP contribution >= 0.6 is 22.7 Å². The Morgan fingerprint density at radius 1 is 1.08 bits per heavy atom. The van der Waals surface area contributed by atoms with Gasteiger partial charge in [-0.25, -0.2) is 0 Å². The first kappa shape index (κ1) is 18.4. The van der Waals surface area contributed by atoms with Gasteiger partial charge in [-0.05, 0) is 35.4 Å². The van der Waals surface area contributed by atoms with Crippen molar-refractivity contribution in [3.8, 4) is 0 Å². The maximum Gasteiger partial charge on any atom is 0.252 e. The van der Waals surface area contributed by atoms with Crippen LogP contribution in [-0.4, -0.2) is 18.4 Å². The smallest absolute Gasteiger partial charge is 0.252 e. The molecule has 6 heteroatoms. The van der Waals surface area contributed by atoms with E-state index in [9.17, 15) is 9.59 Å². The molecule has 1 unspecified atom stereocenters. The molecule has 3 rings (SSSR count). The zero-order valence-electron chi connectivity index (χ0n) is 14.4. The predicted octanol–water partition coefficient (Wildman–Crippen LogP) is 4.14. The highest BCUT2D eigenvalue weighted by atomic mass is 32.1. The van der Waals surface area contributed by atoms with E-state index in [4.69, 9.17) is 0 Å². The average molecular weight is 385 g/mol. The fourth-order valence-corrected chi connectivity index (χ4v) is 3.99. The molecule has 4 nitrogen and oxygen atoms in total. The van der Waals surface area contributed by atoms with Gasteiger partial charge in [0.15, 0.2) is 0 Å². The first-order valence-corrected chi connectivity index (χ1v) is 10.2. The minimum Gasteiger partial charge on any atom is -0.351 e. The van der Waals surface area contributed by atoms with Crippen molar-refractivity contribution in [1.29, 1.82) is 0 Å². The molecule has 0 aliphatic heterocycles. The maximum absolute atomic E-state index is 12.4. The molecule has 3 aromatic rings. The molecule has 26 heavy (non-hydrogen) atoms. The third-order valence-electron chi connectivity index (χ3n) is 3.96. The Kier molecular flexibility index (Phi) is 6.20. The highest BCUT2D eigenvalue weighted by molar-refractivity contribution is 7.10. The van der Waals surface area contributed by atoms with Gasteiger partial charge in [0.1, 0.15) is 0 Å². The molecule has 0 saturated carbocycles. The lowest BCUT2D eigenvalue weighted by Crippen LogP contribution is -2.33. The molecule has 1 atom stereocenters. The van der Waals surface area contributed by atoms with E-state index >= 15 is 0 Å². The standard InChI is InChI=1S/C20H20N2O2S2/c1-14-4-6-15(7-5-14)19(17-3-2-11-26-17)22-18(23)8-10-21-20(24)16-9-12-25-13-16/h2-7,9,11-13,19H,8,10H2,1H3,(H,21,24)(H,22,23). The Hall–Kier alpha value is -2.44. The quantitative estimate of drug-likeness (QED) is 0.643. The predicted molar refractivity (Wildman–Crippen MR) is 107 cm³/mol. The first-order valence-electron chi connectivity index (χ1n) is 8.33. The molecule has 2 N–H and O–H groups in total. The van der Waals surface area contributed by atoms with Crippen LogP contribution in [0.5, 0.6) is 0 Å². The number of aryl methyl sites for hydroxylation is 1. The van der Waals surface area contributed by atoms with Gasteiger partial charge in [0.05, 0.1) is 6.04 Å². The van der Waals surface area contributed by atoms with Crippen LogP contribution in [0.15, 0.2) is 58.6 Å². The van der Waals surface area contributed by atoms with Crippen molar-refractivity contribution in [1.82, 2.24) is 10.6 Å². The van der Waals surface area contributed by atoms with Gasteiger partial charge in [0.2, 0.25) is 5.91 Å². The fourth-order valence-electron chi connectivity index (χ4n) is 2.55. The third kappa shape index (κ3) is 4.80. The van der Waals surface area contributed by atoms with Crippen LogP contribution in [0, 0.1) is 6.92 Å². The van der Waals surface area contributed by atoms with Crippen molar-refractivity contribution < 1.29 is 9.59 Å². The number of thiophene rings is 2. The van der Waals surface area contributed by atoms with Gasteiger partial charge < -0.3 is 10.6 Å². The number of hydrogen-bond acceptors (Lipinski definition) is 4. The van der Waals surface area contributed by atoms with E-state index in [0.29, 0.717) is 12.1 Å². The molecule has 0 aliphatic rings. The molecule has 0 aliphatic carbocycles. The molecule has 0 radical (unpaired) electrons. The molecule has 2 aromatic heterocycles. The number of amides is 2. The molecule has 2 heterocycles. The van der Waals surface area contributed by atoms with Crippen LogP contribution in [0.3, 0.4) is 0 Å². The van der Waals surface area contributed by atoms with Gasteiger partial charge >= 0.3 is 0 Å². The molecule has 0 bridgehead atoms. The summed E-state index contributed by atoms with van der Waals surface area (Å²) >= 11 is 3.09. The minimum atomic E-state index is -0.171. The van der Waals surface area contributed by atoms with E-state index in [0.717, 1.165) is 10.4 Å². The Morgan fingerprint density at radius 2 is 1.88 bits per heavy atom. The van der Waals surface area contributed by atoms with Crippen LogP contribution in [0.4, 0.5) is 0 Å². The second-order valence-corrected chi connectivity index (χ2v) is 7.70. The Morgan fingerprint density at radius 3 is 2.54 bits per heavy atom. The first-order chi connectivity index (χ1) is 12.6. The summed E-state index contributed by atoms with van der Waals surface area (Å²) in [5.41, 5.74) is 2.86. The van der Waals surface area contributed by atoms with E-state index in [2.05, 4.69) is 10.6 Å². The molecular formula is C20H20N2O2S2. The van der Waals surface area contributed by atoms with Crippen molar-refractivity contribution in [2.45, 2.75) is 19.4 Å². The van der Waals surface area contributed by atoms with Crippen LogP contribution in [-0.2, 0) is 4.79 Å². The van der Waals surface area contributed by atoms with Crippen molar-refractivity contribution in [3.05, 3.63) is 80.2 Å². The summed E-state index contributed by atoms with van der Waals surface area (Å²) in [6.45, 7) is 2.35. The van der Waals surface area contributed by atoms with E-state index < -0.39 is 0 Å². The number of carbonyl (C=O) groups is 2. The van der Waals surface area contributed by atoms with Crippen LogP contribution < -0.4 is 10.6 Å². The third-order valence-corrected chi connectivity index (χ3v) is 5.59. The zero-order valence-corrected chi connectivity index (χ0v) is 16.0. The number of hydrogen-bond donors (Lipinski definition) is 2. The Bertz CT molecular complexity index is 841. The van der Waals surface area contributed by atoms with E-state index in [1.165, 1.54) is 16.9 Å². The molecular weight excluding hydrogens is 364 g/mol. The maximum atomic E-state index is 12.4. The molecule has 0 fully saturated rings. The van der Waals surface area contributed by atoms with Crippen molar-refractivity contribution in [2.24, 2.45) is 0 Å². The second-order valence-electron chi connectivity index (χ2n) is 5.94. The summed E-state index contributed by atoms with van der Waals surface area (Å²) in [4.78, 5) is 25.4. The van der Waals surface area contributed by atoms with Gasteiger partial charge in [-0.2, -0.15) is 11.3 Å². The summed E-state index contributed by atoms with van der Waals surface area (Å²) in [5, 5.41) is 11.5. The van der Waals surface area contributed by atoms with Crippen LogP contribution in [0.1, 0.15) is 38.8 Å². The van der Waals surface area contributed by atoms with E-state index in [1.54, 1.807) is 22.8 Å². The molecule has 1 aromatic carbocycles. The fraction of sp³-hybridized carbons (Fsp3) is 0.200. The summed E-state index contributed by atoms with van der Waals surface area (Å²) in [7, 11) is 0. The van der Waals surface area contributed by atoms with Crippen molar-refractivity contribution in [3.63, 3.8) is 0 Å². The molecule has 134 valence electrons. The van der Waals surface area contributed by atoms with E-state index in [1.807, 2.05) is 54.1 Å². The monoisotopic (exact) mass is 384 g/mol. The van der Waals surface area contributed by atoms with Gasteiger partial charge in [-0.15, -0.1) is 11.3 Å². The second kappa shape index (κ2) is 8.78. The van der Waals surface area contributed by atoms with Crippen molar-refractivity contribution in [2.75, 3.05) is 6.54 Å². The highest BCUT2D eigenvalue weighted by Gasteiger charge is 2.18. The number of rotatable bonds is 7. The Labute approximate surface area is 160 Å². The lowest BCUT2D eigenvalue weighted by molar-refractivity contribution is -0.121. The lowest BCUT2D eigenvalue weighted by atomic mass is 10.0. The summed E-state index contributed by atoms with van der Waals surface area (Å²) in [6, 6.07) is 13.8. The van der Waals surface area contributed by atoms with Gasteiger partial charge in [-0.3, -0.25) is 9.59 Å². The molecule has 2 amide bonds. The van der Waals surface area contributed by atoms with E-state index in [-0.39, 0.29) is 24.3 Å². The molecule has 0 saturated heterocycles. The average Bonchev–Trinajstić information content (AvgIpc) is 3.34. The largest absolute Gasteiger partial charge is 0.351 e. The minimum absolute atomic E-state index is 0.0883. The normalized spacial score (nSPS) is 11.7. The highest BCUT2D eigenvalue weighted by Crippen LogP contribution is 2.26. The van der Waals surface area contributed by atoms with Crippen LogP contribution in [0.2, 0.25) is 0 Å². The van der Waals surface area contributed by atoms with Gasteiger partial charge in [0.25, 0.3) is 5.91 Å². The summed E-state index contributed by atoms with van der Waals surface area (Å²) in [5.74, 6) is -0.234. The number of benzene rings is 1. The summed E-state index contributed by atoms with van der Waals surface area (Å²) < 4.78 is 0. The number of nitrogens with one attached hydrogen (secondary N) is 2. The van der Waals surface area contributed by atoms with Gasteiger partial charge in [-0.1, -0.05) is 35.9 Å². The Balaban J connectivity index is 1.59. The SMILES string of the molecule is Cc1ccc(C(NC(=O)CCNC(=O)c2ccsc2)c2cccs2)cc1. The molecule has 0 spiro atoms. The lowest BCUT2D eigenvalue weighted by Gasteiger charge is -2.18. The van der Waals surface area contributed by atoms with Gasteiger partial charge in [0, 0.05) is 28.8 Å².